The Morgan fingerprint density at radius 3 is 3.09 bits per heavy atom. The molecule has 2 aromatic rings. The molecule has 1 amide bonds. The molecule has 22 heavy (non-hydrogen) atoms. The number of fused-ring (bicyclic) bond motifs is 1. The van der Waals surface area contributed by atoms with Crippen molar-refractivity contribution in [2.45, 2.75) is 25.7 Å². The van der Waals surface area contributed by atoms with Gasteiger partial charge in [0.25, 0.3) is 0 Å². The zero-order valence-corrected chi connectivity index (χ0v) is 12.6. The van der Waals surface area contributed by atoms with Gasteiger partial charge in [0.2, 0.25) is 5.91 Å². The largest absolute Gasteiger partial charge is 0.381 e. The second kappa shape index (κ2) is 5.39. The number of hydrogen-bond acceptors (Lipinski definition) is 4. The van der Waals surface area contributed by atoms with E-state index in [0.29, 0.717) is 6.42 Å². The fourth-order valence-electron chi connectivity index (χ4n) is 3.71. The molecule has 0 N–H and O–H groups in total. The third-order valence-corrected chi connectivity index (χ3v) is 4.97. The Hall–Kier alpha value is -1.88. The van der Waals surface area contributed by atoms with Crippen molar-refractivity contribution >= 4 is 16.9 Å². The van der Waals surface area contributed by atoms with Crippen molar-refractivity contribution in [1.29, 1.82) is 0 Å². The number of likely N-dealkylation sites (tertiary alicyclic amines) is 1. The summed E-state index contributed by atoms with van der Waals surface area (Å²) in [5.74, 6) is 0.144. The molecule has 1 atom stereocenters. The molecule has 3 heterocycles. The summed E-state index contributed by atoms with van der Waals surface area (Å²) in [7, 11) is 0. The number of benzene rings is 1. The van der Waals surface area contributed by atoms with Crippen LogP contribution in [0.5, 0.6) is 0 Å². The van der Waals surface area contributed by atoms with Crippen LogP contribution in [-0.2, 0) is 16.0 Å². The van der Waals surface area contributed by atoms with Crippen LogP contribution in [0, 0.1) is 5.41 Å². The van der Waals surface area contributed by atoms with Crippen LogP contribution < -0.4 is 0 Å². The summed E-state index contributed by atoms with van der Waals surface area (Å²) in [5.41, 5.74) is 1.67. The molecule has 4 rings (SSSR count). The van der Waals surface area contributed by atoms with E-state index in [0.717, 1.165) is 55.8 Å². The molecule has 5 nitrogen and oxygen atoms in total. The molecule has 1 aromatic heterocycles. The predicted molar refractivity (Wildman–Crippen MR) is 81.4 cm³/mol. The van der Waals surface area contributed by atoms with Gasteiger partial charge in [-0.25, -0.2) is 0 Å². The molecule has 0 saturated carbocycles. The van der Waals surface area contributed by atoms with Crippen molar-refractivity contribution in [1.82, 2.24) is 10.1 Å². The molecular weight excluding hydrogens is 280 g/mol. The first-order valence-electron chi connectivity index (χ1n) is 7.95. The number of ether oxygens (including phenoxy) is 1. The highest BCUT2D eigenvalue weighted by Gasteiger charge is 2.40. The first kappa shape index (κ1) is 13.8. The van der Waals surface area contributed by atoms with Gasteiger partial charge in [0.05, 0.1) is 13.0 Å². The summed E-state index contributed by atoms with van der Waals surface area (Å²) in [4.78, 5) is 14.6. The number of nitrogens with zero attached hydrogens (tertiary/aromatic N) is 2. The van der Waals surface area contributed by atoms with E-state index >= 15 is 0 Å². The van der Waals surface area contributed by atoms with Crippen LogP contribution >= 0.6 is 0 Å². The number of para-hydroxylation sites is 1. The van der Waals surface area contributed by atoms with Crippen LogP contribution in [0.15, 0.2) is 28.8 Å². The minimum absolute atomic E-state index is 0.144. The van der Waals surface area contributed by atoms with Crippen LogP contribution in [0.2, 0.25) is 0 Å². The van der Waals surface area contributed by atoms with Crippen molar-refractivity contribution in [3.8, 4) is 0 Å². The zero-order valence-electron chi connectivity index (χ0n) is 12.6. The standard InChI is InChI=1S/C17H20N2O3/c20-16(10-14-13-4-1-2-5-15(13)22-18-14)19-8-3-6-17(11-19)7-9-21-12-17/h1-2,4-5H,3,6-12H2/t17-/m1/s1. The van der Waals surface area contributed by atoms with Crippen molar-refractivity contribution in [3.63, 3.8) is 0 Å². The van der Waals surface area contributed by atoms with Gasteiger partial charge in [0.15, 0.2) is 5.58 Å². The van der Waals surface area contributed by atoms with Crippen molar-refractivity contribution in [2.75, 3.05) is 26.3 Å². The van der Waals surface area contributed by atoms with Gasteiger partial charge in [0, 0.05) is 30.5 Å². The Balaban J connectivity index is 1.50. The number of hydrogen-bond donors (Lipinski definition) is 0. The summed E-state index contributed by atoms with van der Waals surface area (Å²) in [6.45, 7) is 3.29. The number of piperidine rings is 1. The average molecular weight is 300 g/mol. The van der Waals surface area contributed by atoms with Gasteiger partial charge in [-0.2, -0.15) is 0 Å². The Bertz CT molecular complexity index is 688. The van der Waals surface area contributed by atoms with E-state index in [2.05, 4.69) is 5.16 Å². The molecule has 0 bridgehead atoms. The monoisotopic (exact) mass is 300 g/mol. The minimum atomic E-state index is 0.144. The molecule has 1 spiro atoms. The van der Waals surface area contributed by atoms with Gasteiger partial charge < -0.3 is 14.2 Å². The van der Waals surface area contributed by atoms with E-state index in [1.165, 1.54) is 6.42 Å². The first-order valence-corrected chi connectivity index (χ1v) is 7.95. The van der Waals surface area contributed by atoms with Crippen molar-refractivity contribution in [3.05, 3.63) is 30.0 Å². The minimum Gasteiger partial charge on any atom is -0.381 e. The maximum Gasteiger partial charge on any atom is 0.228 e. The summed E-state index contributed by atoms with van der Waals surface area (Å²) >= 11 is 0. The Kier molecular flexibility index (Phi) is 3.37. The molecule has 2 aliphatic rings. The fourth-order valence-corrected chi connectivity index (χ4v) is 3.71. The Morgan fingerprint density at radius 1 is 1.32 bits per heavy atom. The van der Waals surface area contributed by atoms with Crippen LogP contribution in [-0.4, -0.2) is 42.3 Å². The molecule has 5 heteroatoms. The quantitative estimate of drug-likeness (QED) is 0.854. The van der Waals surface area contributed by atoms with E-state index < -0.39 is 0 Å². The number of carbonyl (C=O) groups is 1. The summed E-state index contributed by atoms with van der Waals surface area (Å²) in [6, 6.07) is 7.69. The Labute approximate surface area is 129 Å². The van der Waals surface area contributed by atoms with Gasteiger partial charge in [-0.1, -0.05) is 17.3 Å². The summed E-state index contributed by atoms with van der Waals surface area (Å²) < 4.78 is 10.9. The molecule has 0 aliphatic carbocycles. The van der Waals surface area contributed by atoms with Crippen LogP contribution in [0.4, 0.5) is 0 Å². The second-order valence-corrected chi connectivity index (χ2v) is 6.52. The van der Waals surface area contributed by atoms with E-state index in [1.54, 1.807) is 0 Å². The smallest absolute Gasteiger partial charge is 0.228 e. The van der Waals surface area contributed by atoms with Crippen LogP contribution in [0.1, 0.15) is 25.0 Å². The highest BCUT2D eigenvalue weighted by atomic mass is 16.5. The van der Waals surface area contributed by atoms with E-state index in [4.69, 9.17) is 9.26 Å². The number of rotatable bonds is 2. The van der Waals surface area contributed by atoms with Gasteiger partial charge in [-0.15, -0.1) is 0 Å². The molecule has 2 saturated heterocycles. The molecule has 0 unspecified atom stereocenters. The van der Waals surface area contributed by atoms with Crippen LogP contribution in [0.3, 0.4) is 0 Å². The van der Waals surface area contributed by atoms with E-state index in [1.807, 2.05) is 29.2 Å². The van der Waals surface area contributed by atoms with Crippen molar-refractivity contribution in [2.24, 2.45) is 5.41 Å². The fraction of sp³-hybridized carbons (Fsp3) is 0.529. The third kappa shape index (κ3) is 2.39. The van der Waals surface area contributed by atoms with E-state index in [-0.39, 0.29) is 11.3 Å². The zero-order chi connectivity index (χ0) is 15.0. The lowest BCUT2D eigenvalue weighted by Gasteiger charge is -2.39. The lowest BCUT2D eigenvalue weighted by atomic mass is 9.79. The second-order valence-electron chi connectivity index (χ2n) is 6.52. The predicted octanol–water partition coefficient (Wildman–Crippen LogP) is 2.40. The topological polar surface area (TPSA) is 55.6 Å². The number of amides is 1. The lowest BCUT2D eigenvalue weighted by Crippen LogP contribution is -2.47. The average Bonchev–Trinajstić information content (AvgIpc) is 3.15. The third-order valence-electron chi connectivity index (χ3n) is 4.97. The molecule has 2 fully saturated rings. The van der Waals surface area contributed by atoms with Gasteiger partial charge >= 0.3 is 0 Å². The van der Waals surface area contributed by atoms with Gasteiger partial charge in [0.1, 0.15) is 5.69 Å². The molecule has 1 aromatic carbocycles. The van der Waals surface area contributed by atoms with E-state index in [9.17, 15) is 4.79 Å². The number of aromatic nitrogens is 1. The maximum atomic E-state index is 12.7. The highest BCUT2D eigenvalue weighted by molar-refractivity contribution is 5.86. The normalized spacial score (nSPS) is 25.2. The highest BCUT2D eigenvalue weighted by Crippen LogP contribution is 2.37. The Morgan fingerprint density at radius 2 is 2.23 bits per heavy atom. The molecule has 116 valence electrons. The summed E-state index contributed by atoms with van der Waals surface area (Å²) in [5, 5.41) is 5.01. The summed E-state index contributed by atoms with van der Waals surface area (Å²) in [6.07, 6.45) is 3.62. The number of carbonyl (C=O) groups excluding carboxylic acids is 1. The van der Waals surface area contributed by atoms with Crippen molar-refractivity contribution < 1.29 is 14.1 Å². The molecular formula is C17H20N2O3. The van der Waals surface area contributed by atoms with Gasteiger partial charge in [-0.05, 0) is 31.4 Å². The maximum absolute atomic E-state index is 12.7. The van der Waals surface area contributed by atoms with Crippen LogP contribution in [0.25, 0.3) is 11.0 Å². The van der Waals surface area contributed by atoms with Gasteiger partial charge in [-0.3, -0.25) is 4.79 Å². The SMILES string of the molecule is O=C(Cc1noc2ccccc12)N1CCC[C@@]2(CCOC2)C1. The first-order chi connectivity index (χ1) is 10.8. The molecule has 0 radical (unpaired) electrons. The lowest BCUT2D eigenvalue weighted by molar-refractivity contribution is -0.134. The molecule has 2 aliphatic heterocycles.